The molecule has 0 aliphatic carbocycles. The third-order valence-corrected chi connectivity index (χ3v) is 13.5. The molecule has 1 N–H and O–H groups in total. The molecule has 10 nitrogen and oxygen atoms in total. The van der Waals surface area contributed by atoms with Crippen LogP contribution >= 0.6 is 0 Å². The van der Waals surface area contributed by atoms with Crippen LogP contribution in [0.25, 0.3) is 0 Å². The van der Waals surface area contributed by atoms with E-state index in [9.17, 15) is 31.4 Å². The van der Waals surface area contributed by atoms with Crippen LogP contribution in [0.1, 0.15) is 55.0 Å². The Morgan fingerprint density at radius 2 is 1.71 bits per heavy atom. The number of amides is 2. The number of aromatic nitrogens is 3. The van der Waals surface area contributed by atoms with Gasteiger partial charge in [0.15, 0.2) is 19.8 Å². The first kappa shape index (κ1) is 35.7. The van der Waals surface area contributed by atoms with Crippen LogP contribution in [0.15, 0.2) is 45.7 Å². The van der Waals surface area contributed by atoms with Crippen molar-refractivity contribution in [2.45, 2.75) is 76.9 Å². The molecule has 45 heavy (non-hydrogen) atoms. The van der Waals surface area contributed by atoms with Gasteiger partial charge in [-0.1, -0.05) is 26.8 Å². The molecular weight excluding hydrogens is 634 g/mol. The van der Waals surface area contributed by atoms with Crippen LogP contribution < -0.4 is 10.1 Å². The maximum absolute atomic E-state index is 13.7. The smallest absolute Gasteiger partial charge is 0.435 e. The second-order valence-electron chi connectivity index (χ2n) is 11.9. The van der Waals surface area contributed by atoms with Gasteiger partial charge in [0.1, 0.15) is 11.7 Å². The SMILES string of the molecule is Cc1nc(F)ccc1Oc1nnc(C(F)(F)F)c(C)c1C(=O)Nc1cccc([S@@](C)(=O)=NC(=O)[C@@H](C)O[Si](C)(C)C(C)(C)C)c1. The number of anilines is 1. The monoisotopic (exact) mass is 669 g/mol. The van der Waals surface area contributed by atoms with Crippen molar-refractivity contribution in [3.8, 4) is 11.6 Å². The maximum atomic E-state index is 13.7. The average Bonchev–Trinajstić information content (AvgIpc) is 2.88. The van der Waals surface area contributed by atoms with Crippen LogP contribution in [0.3, 0.4) is 0 Å². The maximum Gasteiger partial charge on any atom is 0.435 e. The standard InChI is InChI=1S/C29H35F4N5O5SSi/c1-16-23(27(37-36-24(16)29(31,32)33)42-21-13-14-22(30)34-17(21)2)26(40)35-19-11-10-12-20(15-19)44(7,41)38-25(39)18(3)43-45(8,9)28(4,5)6/h10-15,18H,1-9H3,(H,35,40)/t18-,44-/m1/s1. The number of hydrogen-bond acceptors (Lipinski definition) is 8. The molecule has 16 heteroatoms. The molecule has 0 fully saturated rings. The second-order valence-corrected chi connectivity index (χ2v) is 18.9. The minimum absolute atomic E-state index is 0.0376. The number of pyridine rings is 1. The summed E-state index contributed by atoms with van der Waals surface area (Å²) in [5.41, 5.74) is -2.50. The number of hydrogen-bond donors (Lipinski definition) is 1. The minimum Gasteiger partial charge on any atom is -0.435 e. The summed E-state index contributed by atoms with van der Waals surface area (Å²) in [6.07, 6.45) is -4.63. The van der Waals surface area contributed by atoms with Crippen LogP contribution in [0.2, 0.25) is 18.1 Å². The molecule has 0 unspecified atom stereocenters. The number of aryl methyl sites for hydroxylation is 1. The molecule has 3 rings (SSSR count). The summed E-state index contributed by atoms with van der Waals surface area (Å²) in [6, 6.07) is 7.72. The van der Waals surface area contributed by atoms with E-state index in [1.165, 1.54) is 43.5 Å². The molecule has 1 aromatic carbocycles. The van der Waals surface area contributed by atoms with Crippen LogP contribution in [0.4, 0.5) is 23.2 Å². The Bertz CT molecular complexity index is 1750. The fourth-order valence-electron chi connectivity index (χ4n) is 3.81. The summed E-state index contributed by atoms with van der Waals surface area (Å²) < 4.78 is 83.6. The number of carbonyl (C=O) groups excluding carboxylic acids is 2. The molecule has 0 spiro atoms. The van der Waals surface area contributed by atoms with E-state index in [1.807, 2.05) is 33.9 Å². The van der Waals surface area contributed by atoms with E-state index >= 15 is 0 Å². The second kappa shape index (κ2) is 12.9. The molecule has 0 saturated heterocycles. The zero-order valence-electron chi connectivity index (χ0n) is 26.3. The Hall–Kier alpha value is -3.76. The van der Waals surface area contributed by atoms with Crippen molar-refractivity contribution in [1.82, 2.24) is 15.2 Å². The highest BCUT2D eigenvalue weighted by atomic mass is 32.2. The molecule has 244 valence electrons. The van der Waals surface area contributed by atoms with E-state index in [0.29, 0.717) is 0 Å². The lowest BCUT2D eigenvalue weighted by Crippen LogP contribution is -2.45. The number of alkyl halides is 3. The summed E-state index contributed by atoms with van der Waals surface area (Å²) in [4.78, 5) is 30.0. The average molecular weight is 670 g/mol. The van der Waals surface area contributed by atoms with Crippen molar-refractivity contribution in [2.24, 2.45) is 4.36 Å². The van der Waals surface area contributed by atoms with Crippen molar-refractivity contribution in [3.63, 3.8) is 0 Å². The van der Waals surface area contributed by atoms with Gasteiger partial charge in [0.2, 0.25) is 5.95 Å². The molecule has 2 amide bonds. The van der Waals surface area contributed by atoms with Crippen molar-refractivity contribution < 1.29 is 40.5 Å². The zero-order chi connectivity index (χ0) is 34.1. The number of carbonyl (C=O) groups is 2. The topological polar surface area (TPSA) is 133 Å². The van der Waals surface area contributed by atoms with Crippen molar-refractivity contribution in [2.75, 3.05) is 11.6 Å². The Morgan fingerprint density at radius 1 is 1.07 bits per heavy atom. The summed E-state index contributed by atoms with van der Waals surface area (Å²) in [5.74, 6) is -3.23. The molecule has 0 bridgehead atoms. The normalized spacial score (nSPS) is 14.3. The lowest BCUT2D eigenvalue weighted by molar-refractivity contribution is -0.142. The van der Waals surface area contributed by atoms with Gasteiger partial charge < -0.3 is 14.5 Å². The van der Waals surface area contributed by atoms with Gasteiger partial charge in [0.25, 0.3) is 17.7 Å². The minimum atomic E-state index is -4.94. The molecule has 0 saturated carbocycles. The molecular formula is C29H35F4N5O5SSi. The van der Waals surface area contributed by atoms with Crippen molar-refractivity contribution in [1.29, 1.82) is 0 Å². The quantitative estimate of drug-likeness (QED) is 0.153. The highest BCUT2D eigenvalue weighted by Crippen LogP contribution is 2.38. The number of nitrogens with one attached hydrogen (secondary N) is 1. The first-order valence-corrected chi connectivity index (χ1v) is 18.5. The highest BCUT2D eigenvalue weighted by molar-refractivity contribution is 7.93. The predicted molar refractivity (Wildman–Crippen MR) is 163 cm³/mol. The first-order chi connectivity index (χ1) is 20.5. The molecule has 0 radical (unpaired) electrons. The molecule has 0 aliphatic heterocycles. The Labute approximate surface area is 260 Å². The number of ether oxygens (including phenoxy) is 1. The zero-order valence-corrected chi connectivity index (χ0v) is 28.1. The van der Waals surface area contributed by atoms with Gasteiger partial charge in [-0.2, -0.15) is 21.9 Å². The largest absolute Gasteiger partial charge is 0.435 e. The summed E-state index contributed by atoms with van der Waals surface area (Å²) in [6.45, 7) is 14.0. The van der Waals surface area contributed by atoms with Crippen molar-refractivity contribution >= 4 is 35.5 Å². The van der Waals surface area contributed by atoms with Crippen LogP contribution in [-0.2, 0) is 25.1 Å². The molecule has 2 aromatic heterocycles. The Morgan fingerprint density at radius 3 is 2.29 bits per heavy atom. The number of halogens is 4. The molecule has 2 atom stereocenters. The van der Waals surface area contributed by atoms with Gasteiger partial charge in [-0.15, -0.1) is 10.2 Å². The van der Waals surface area contributed by atoms with Crippen LogP contribution in [0, 0.1) is 19.8 Å². The predicted octanol–water partition coefficient (Wildman–Crippen LogP) is 7.08. The third-order valence-electron chi connectivity index (χ3n) is 7.31. The van der Waals surface area contributed by atoms with Gasteiger partial charge in [-0.05, 0) is 74.8 Å². The summed E-state index contributed by atoms with van der Waals surface area (Å²) in [5, 5.41) is 8.98. The van der Waals surface area contributed by atoms with Gasteiger partial charge >= 0.3 is 6.18 Å². The van der Waals surface area contributed by atoms with Gasteiger partial charge in [-0.3, -0.25) is 9.59 Å². The van der Waals surface area contributed by atoms with E-state index in [0.717, 1.165) is 13.0 Å². The lowest BCUT2D eigenvalue weighted by atomic mass is 10.1. The van der Waals surface area contributed by atoms with Gasteiger partial charge in [0.05, 0.1) is 15.4 Å². The lowest BCUT2D eigenvalue weighted by Gasteiger charge is -2.37. The van der Waals surface area contributed by atoms with Gasteiger partial charge in [0, 0.05) is 16.8 Å². The summed E-state index contributed by atoms with van der Waals surface area (Å²) >= 11 is 0. The Balaban J connectivity index is 1.97. The van der Waals surface area contributed by atoms with Gasteiger partial charge in [-0.25, -0.2) is 9.19 Å². The van der Waals surface area contributed by atoms with E-state index in [2.05, 4.69) is 24.9 Å². The van der Waals surface area contributed by atoms with Crippen molar-refractivity contribution in [3.05, 3.63) is 64.9 Å². The molecule has 2 heterocycles. The molecule has 0 aliphatic rings. The van der Waals surface area contributed by atoms with E-state index < -0.39 is 70.8 Å². The highest BCUT2D eigenvalue weighted by Gasteiger charge is 2.40. The molecule has 3 aromatic rings. The Kier molecular flexibility index (Phi) is 10.3. The van der Waals surface area contributed by atoms with Crippen LogP contribution in [-0.4, -0.2) is 51.9 Å². The number of rotatable bonds is 8. The number of nitrogens with zero attached hydrogens (tertiary/aromatic N) is 4. The van der Waals surface area contributed by atoms with E-state index in [-0.39, 0.29) is 27.1 Å². The third kappa shape index (κ3) is 8.49. The van der Waals surface area contributed by atoms with E-state index in [1.54, 1.807) is 6.92 Å². The fraction of sp³-hybridized carbons (Fsp3) is 0.414. The first-order valence-electron chi connectivity index (χ1n) is 13.6. The number of benzene rings is 1. The fourth-order valence-corrected chi connectivity index (χ4v) is 6.42. The van der Waals surface area contributed by atoms with E-state index in [4.69, 9.17) is 9.16 Å². The summed E-state index contributed by atoms with van der Waals surface area (Å²) in [7, 11) is -5.67. The van der Waals surface area contributed by atoms with Crippen LogP contribution in [0.5, 0.6) is 11.6 Å².